The van der Waals surface area contributed by atoms with Gasteiger partial charge in [-0.2, -0.15) is 4.37 Å². The third kappa shape index (κ3) is 4.12. The molecule has 0 bridgehead atoms. The molecule has 0 amide bonds. The summed E-state index contributed by atoms with van der Waals surface area (Å²) >= 11 is 7.61. The van der Waals surface area contributed by atoms with Gasteiger partial charge in [0.25, 0.3) is 0 Å². The van der Waals surface area contributed by atoms with Gasteiger partial charge in [0, 0.05) is 38.2 Å². The largest absolute Gasteiger partial charge is 0.384 e. The topological polar surface area (TPSA) is 104 Å². The molecule has 5 aromatic rings. The summed E-state index contributed by atoms with van der Waals surface area (Å²) in [5, 5.41) is 20.2. The van der Waals surface area contributed by atoms with Gasteiger partial charge in [0.2, 0.25) is 0 Å². The number of hydrogen-bond acceptors (Lipinski definition) is 8. The van der Waals surface area contributed by atoms with Gasteiger partial charge in [-0.05, 0) is 69.3 Å². The van der Waals surface area contributed by atoms with Gasteiger partial charge in [-0.3, -0.25) is 9.97 Å². The number of aliphatic hydroxyl groups is 1. The van der Waals surface area contributed by atoms with Crippen LogP contribution in [0.1, 0.15) is 49.8 Å². The number of hydrogen-bond donors (Lipinski definition) is 1. The fourth-order valence-corrected chi connectivity index (χ4v) is 6.58. The van der Waals surface area contributed by atoms with Crippen molar-refractivity contribution in [2.24, 2.45) is 13.0 Å². The lowest BCUT2D eigenvalue weighted by Gasteiger charge is -2.32. The minimum absolute atomic E-state index is 0.124. The Morgan fingerprint density at radius 2 is 1.97 bits per heavy atom. The molecule has 37 heavy (non-hydrogen) atoms. The second-order valence-electron chi connectivity index (χ2n) is 10.2. The van der Waals surface area contributed by atoms with Crippen LogP contribution in [0.25, 0.3) is 32.5 Å². The van der Waals surface area contributed by atoms with Crippen LogP contribution in [0.2, 0.25) is 5.02 Å². The van der Waals surface area contributed by atoms with Gasteiger partial charge in [0.15, 0.2) is 0 Å². The molecule has 1 N–H and O–H groups in total. The van der Waals surface area contributed by atoms with E-state index in [0.717, 1.165) is 56.7 Å². The quantitative estimate of drug-likeness (QED) is 0.335. The summed E-state index contributed by atoms with van der Waals surface area (Å²) in [4.78, 5) is 9.71. The van der Waals surface area contributed by atoms with Crippen LogP contribution in [0.4, 0.5) is 0 Å². The summed E-state index contributed by atoms with van der Waals surface area (Å²) < 4.78 is 15.5. The van der Waals surface area contributed by atoms with Gasteiger partial charge in [0.1, 0.15) is 16.8 Å². The zero-order valence-corrected chi connectivity index (χ0v) is 22.7. The first-order valence-corrected chi connectivity index (χ1v) is 13.5. The molecule has 6 heterocycles. The van der Waals surface area contributed by atoms with Crippen LogP contribution in [0.15, 0.2) is 30.6 Å². The first kappa shape index (κ1) is 24.4. The lowest BCUT2D eigenvalue weighted by Crippen LogP contribution is -2.28. The maximum atomic E-state index is 11.1. The summed E-state index contributed by atoms with van der Waals surface area (Å²) in [5.74, 6) is 0.263. The van der Waals surface area contributed by atoms with E-state index < -0.39 is 5.60 Å². The molecule has 0 radical (unpaired) electrons. The average Bonchev–Trinajstić information content (AvgIpc) is 3.54. The van der Waals surface area contributed by atoms with Crippen LogP contribution in [0, 0.1) is 12.8 Å². The van der Waals surface area contributed by atoms with Crippen molar-refractivity contribution >= 4 is 44.4 Å². The van der Waals surface area contributed by atoms with E-state index in [4.69, 9.17) is 30.7 Å². The second kappa shape index (κ2) is 9.13. The number of fused-ring (bicyclic) bond motifs is 3. The molecule has 11 heteroatoms. The van der Waals surface area contributed by atoms with E-state index in [9.17, 15) is 5.11 Å². The minimum atomic E-state index is -1.14. The van der Waals surface area contributed by atoms with E-state index in [0.29, 0.717) is 23.9 Å². The molecule has 9 nitrogen and oxygen atoms in total. The molecule has 192 valence electrons. The van der Waals surface area contributed by atoms with E-state index in [1.54, 1.807) is 24.7 Å². The lowest BCUT2D eigenvalue weighted by molar-refractivity contribution is 0.0543. The fourth-order valence-electron chi connectivity index (χ4n) is 5.45. The SMILES string of the molecule is Cc1nnn(C)c1-c1cnc2c3snc(C(C)(C)O)c3n(C(c3ccc(Cl)cn3)C3CCOCC3)c2c1. The Bertz CT molecular complexity index is 1570. The number of pyridine rings is 2. The smallest absolute Gasteiger partial charge is 0.110 e. The van der Waals surface area contributed by atoms with Crippen molar-refractivity contribution in [2.75, 3.05) is 13.2 Å². The Balaban J connectivity index is 1.70. The first-order chi connectivity index (χ1) is 17.7. The second-order valence-corrected chi connectivity index (χ2v) is 11.4. The molecule has 0 aliphatic carbocycles. The summed E-state index contributed by atoms with van der Waals surface area (Å²) in [6, 6.07) is 5.91. The highest BCUT2D eigenvalue weighted by Gasteiger charge is 2.35. The van der Waals surface area contributed by atoms with Crippen molar-refractivity contribution in [3.63, 3.8) is 0 Å². The van der Waals surface area contributed by atoms with Gasteiger partial charge in [-0.15, -0.1) is 5.10 Å². The molecule has 1 aliphatic heterocycles. The van der Waals surface area contributed by atoms with Crippen molar-refractivity contribution in [3.8, 4) is 11.3 Å². The number of aromatic nitrogens is 7. The maximum Gasteiger partial charge on any atom is 0.110 e. The number of nitrogens with zero attached hydrogens (tertiary/aromatic N) is 7. The molecule has 6 rings (SSSR count). The van der Waals surface area contributed by atoms with Gasteiger partial charge in [-0.1, -0.05) is 16.8 Å². The Morgan fingerprint density at radius 3 is 2.62 bits per heavy atom. The van der Waals surface area contributed by atoms with Crippen molar-refractivity contribution in [1.29, 1.82) is 0 Å². The van der Waals surface area contributed by atoms with E-state index >= 15 is 0 Å². The van der Waals surface area contributed by atoms with E-state index in [1.807, 2.05) is 32.3 Å². The minimum Gasteiger partial charge on any atom is -0.384 e. The van der Waals surface area contributed by atoms with Gasteiger partial charge in [0.05, 0.1) is 43.9 Å². The van der Waals surface area contributed by atoms with Crippen LogP contribution in [0.3, 0.4) is 0 Å². The highest BCUT2D eigenvalue weighted by atomic mass is 35.5. The highest BCUT2D eigenvalue weighted by molar-refractivity contribution is 7.14. The van der Waals surface area contributed by atoms with Crippen molar-refractivity contribution in [1.82, 2.24) is 33.9 Å². The standard InChI is InChI=1S/C26H28ClN7O2S/c1-14-21(33(4)32-30-14)16-11-19-20(29-12-16)24-23(25(31-37-24)26(2,3)35)34(19)22(15-7-9-36-10-8-15)18-6-5-17(27)13-28-18/h5-6,11-13,15,22,35H,7-10H2,1-4H3. The Kier molecular flexibility index (Phi) is 6.02. The molecule has 5 aromatic heterocycles. The Labute approximate surface area is 223 Å². The Morgan fingerprint density at radius 1 is 1.19 bits per heavy atom. The zero-order chi connectivity index (χ0) is 25.9. The average molecular weight is 538 g/mol. The van der Waals surface area contributed by atoms with Gasteiger partial charge >= 0.3 is 0 Å². The zero-order valence-electron chi connectivity index (χ0n) is 21.1. The molecule has 1 fully saturated rings. The molecular formula is C26H28ClN7O2S. The highest BCUT2D eigenvalue weighted by Crippen LogP contribution is 2.44. The third-order valence-corrected chi connectivity index (χ3v) is 8.21. The van der Waals surface area contributed by atoms with Crippen molar-refractivity contribution < 1.29 is 9.84 Å². The van der Waals surface area contributed by atoms with Gasteiger partial charge < -0.3 is 14.4 Å². The van der Waals surface area contributed by atoms with Crippen LogP contribution < -0.4 is 0 Å². The molecular weight excluding hydrogens is 510 g/mol. The van der Waals surface area contributed by atoms with E-state index in [2.05, 4.69) is 20.9 Å². The molecule has 1 aliphatic rings. The van der Waals surface area contributed by atoms with E-state index in [-0.39, 0.29) is 12.0 Å². The van der Waals surface area contributed by atoms with Crippen LogP contribution in [-0.4, -0.2) is 52.2 Å². The van der Waals surface area contributed by atoms with Crippen LogP contribution in [-0.2, 0) is 17.4 Å². The molecule has 0 aromatic carbocycles. The number of aryl methyl sites for hydroxylation is 2. The predicted octanol–water partition coefficient (Wildman–Crippen LogP) is 5.04. The molecule has 1 atom stereocenters. The first-order valence-electron chi connectivity index (χ1n) is 12.3. The van der Waals surface area contributed by atoms with Crippen LogP contribution >= 0.6 is 23.1 Å². The Hall–Kier alpha value is -2.92. The summed E-state index contributed by atoms with van der Waals surface area (Å²) in [7, 11) is 1.88. The van der Waals surface area contributed by atoms with Crippen molar-refractivity contribution in [3.05, 3.63) is 52.7 Å². The van der Waals surface area contributed by atoms with Gasteiger partial charge in [-0.25, -0.2) is 4.68 Å². The normalized spacial score (nSPS) is 16.2. The lowest BCUT2D eigenvalue weighted by atomic mass is 9.88. The predicted molar refractivity (Wildman–Crippen MR) is 144 cm³/mol. The molecule has 0 saturated carbocycles. The number of ether oxygens (including phenoxy) is 1. The molecule has 1 saturated heterocycles. The summed E-state index contributed by atoms with van der Waals surface area (Å²) in [6.45, 7) is 6.89. The monoisotopic (exact) mass is 537 g/mol. The van der Waals surface area contributed by atoms with Crippen LogP contribution in [0.5, 0.6) is 0 Å². The number of halogens is 1. The molecule has 1 unspecified atom stereocenters. The fraction of sp³-hybridized carbons (Fsp3) is 0.423. The van der Waals surface area contributed by atoms with Crippen molar-refractivity contribution in [2.45, 2.75) is 45.3 Å². The van der Waals surface area contributed by atoms with E-state index in [1.165, 1.54) is 11.5 Å². The number of rotatable bonds is 5. The summed E-state index contributed by atoms with van der Waals surface area (Å²) in [6.07, 6.45) is 5.35. The molecule has 0 spiro atoms. The maximum absolute atomic E-state index is 11.1. The third-order valence-electron chi connectivity index (χ3n) is 7.14. The summed E-state index contributed by atoms with van der Waals surface area (Å²) in [5.41, 5.74) is 5.79.